The number of aromatic nitrogens is 2. The molecule has 0 saturated heterocycles. The molecule has 0 saturated carbocycles. The number of allylic oxidation sites excluding steroid dienone is 7. The van der Waals surface area contributed by atoms with Crippen LogP contribution in [0.4, 0.5) is 11.5 Å². The topological polar surface area (TPSA) is 42.2 Å². The Hall–Kier alpha value is -3.66. The van der Waals surface area contributed by atoms with Crippen LogP contribution in [0.1, 0.15) is 25.7 Å². The number of para-hydroxylation sites is 2. The molecule has 2 aliphatic rings. The van der Waals surface area contributed by atoms with Crippen LogP contribution >= 0.6 is 0 Å². The molecule has 0 aliphatic heterocycles. The summed E-state index contributed by atoms with van der Waals surface area (Å²) in [7, 11) is 0. The summed E-state index contributed by atoms with van der Waals surface area (Å²) in [5.41, 5.74) is 4.70. The van der Waals surface area contributed by atoms with Crippen LogP contribution < -0.4 is 10.9 Å². The molecule has 2 aromatic carbocycles. The average molecular weight is 393 g/mol. The molecule has 1 heterocycles. The van der Waals surface area contributed by atoms with Crippen molar-refractivity contribution in [2.45, 2.75) is 25.7 Å². The molecule has 1 aromatic heterocycles. The van der Waals surface area contributed by atoms with Gasteiger partial charge in [0.15, 0.2) is 0 Å². The van der Waals surface area contributed by atoms with Crippen molar-refractivity contribution >= 4 is 28.1 Å². The van der Waals surface area contributed by atoms with Crippen molar-refractivity contribution in [1.82, 2.24) is 9.55 Å². The molecule has 30 heavy (non-hydrogen) atoms. The molecule has 4 nitrogen and oxygen atoms in total. The maximum atomic E-state index is 4.96. The highest BCUT2D eigenvalue weighted by Gasteiger charge is 2.14. The van der Waals surface area contributed by atoms with Gasteiger partial charge < -0.3 is 5.32 Å². The molecule has 0 spiro atoms. The first kappa shape index (κ1) is 18.4. The highest BCUT2D eigenvalue weighted by atomic mass is 15.2. The van der Waals surface area contributed by atoms with Gasteiger partial charge in [-0.05, 0) is 62.1 Å². The lowest BCUT2D eigenvalue weighted by Crippen LogP contribution is -2.26. The van der Waals surface area contributed by atoms with Gasteiger partial charge in [-0.15, -0.1) is 0 Å². The zero-order chi connectivity index (χ0) is 20.2. The molecule has 0 amide bonds. The van der Waals surface area contributed by atoms with E-state index in [1.165, 1.54) is 0 Å². The first-order valence-electron chi connectivity index (χ1n) is 10.5. The van der Waals surface area contributed by atoms with E-state index in [0.717, 1.165) is 59.5 Å². The summed E-state index contributed by atoms with van der Waals surface area (Å²) in [5.74, 6) is 0.976. The van der Waals surface area contributed by atoms with E-state index in [0.29, 0.717) is 5.62 Å². The van der Waals surface area contributed by atoms with Gasteiger partial charge in [-0.25, -0.2) is 9.98 Å². The van der Waals surface area contributed by atoms with Gasteiger partial charge in [-0.1, -0.05) is 54.6 Å². The van der Waals surface area contributed by atoms with E-state index >= 15 is 0 Å². The number of benzene rings is 2. The van der Waals surface area contributed by atoms with Crippen LogP contribution in [-0.4, -0.2) is 9.55 Å². The zero-order valence-electron chi connectivity index (χ0n) is 16.8. The molecular weight excluding hydrogens is 368 g/mol. The number of fused-ring (bicyclic) bond motifs is 1. The summed E-state index contributed by atoms with van der Waals surface area (Å²) in [5, 5.41) is 4.70. The SMILES string of the molecule is C1=CC(N=c2nc3ccccc3c(Nc3ccccc3)n2C2=CCCC=C2)=CCC1. The van der Waals surface area contributed by atoms with Crippen molar-refractivity contribution in [3.8, 4) is 0 Å². The smallest absolute Gasteiger partial charge is 0.236 e. The molecule has 0 radical (unpaired) electrons. The van der Waals surface area contributed by atoms with Gasteiger partial charge in [-0.3, -0.25) is 4.57 Å². The third kappa shape index (κ3) is 3.77. The van der Waals surface area contributed by atoms with E-state index in [9.17, 15) is 0 Å². The fraction of sp³-hybridized carbons (Fsp3) is 0.154. The Kier molecular flexibility index (Phi) is 5.13. The van der Waals surface area contributed by atoms with Crippen LogP contribution in [0.3, 0.4) is 0 Å². The summed E-state index contributed by atoms with van der Waals surface area (Å²) in [6.45, 7) is 0. The highest BCUT2D eigenvalue weighted by Crippen LogP contribution is 2.28. The first-order valence-corrected chi connectivity index (χ1v) is 10.5. The molecule has 4 heteroatoms. The Morgan fingerprint density at radius 1 is 0.800 bits per heavy atom. The quantitative estimate of drug-likeness (QED) is 0.582. The second kappa shape index (κ2) is 8.37. The molecule has 0 atom stereocenters. The van der Waals surface area contributed by atoms with Crippen LogP contribution in [0.15, 0.2) is 102 Å². The molecule has 5 rings (SSSR count). The van der Waals surface area contributed by atoms with E-state index in [4.69, 9.17) is 9.98 Å². The van der Waals surface area contributed by atoms with Crippen molar-refractivity contribution in [2.24, 2.45) is 4.99 Å². The van der Waals surface area contributed by atoms with Crippen LogP contribution in [0.2, 0.25) is 0 Å². The number of anilines is 2. The van der Waals surface area contributed by atoms with Crippen molar-refractivity contribution in [1.29, 1.82) is 0 Å². The molecule has 0 fully saturated rings. The fourth-order valence-electron chi connectivity index (χ4n) is 3.81. The Morgan fingerprint density at radius 3 is 2.33 bits per heavy atom. The molecular formula is C26H24N4. The first-order chi connectivity index (χ1) is 14.9. The van der Waals surface area contributed by atoms with Gasteiger partial charge in [0.2, 0.25) is 5.62 Å². The van der Waals surface area contributed by atoms with E-state index in [2.05, 4.69) is 70.6 Å². The van der Waals surface area contributed by atoms with Crippen molar-refractivity contribution in [2.75, 3.05) is 5.32 Å². The number of rotatable bonds is 4. The molecule has 148 valence electrons. The number of hydrogen-bond acceptors (Lipinski definition) is 3. The lowest BCUT2D eigenvalue weighted by molar-refractivity contribution is 0.890. The molecule has 2 aliphatic carbocycles. The van der Waals surface area contributed by atoms with Gasteiger partial charge >= 0.3 is 0 Å². The summed E-state index contributed by atoms with van der Waals surface area (Å²) >= 11 is 0. The van der Waals surface area contributed by atoms with Crippen LogP contribution in [-0.2, 0) is 0 Å². The van der Waals surface area contributed by atoms with E-state index in [1.807, 2.05) is 30.3 Å². The van der Waals surface area contributed by atoms with E-state index in [1.54, 1.807) is 0 Å². The minimum Gasteiger partial charge on any atom is -0.341 e. The molecule has 0 bridgehead atoms. The third-order valence-corrected chi connectivity index (χ3v) is 5.28. The van der Waals surface area contributed by atoms with Gasteiger partial charge in [0, 0.05) is 16.8 Å². The minimum absolute atomic E-state index is 0.683. The maximum Gasteiger partial charge on any atom is 0.236 e. The highest BCUT2D eigenvalue weighted by molar-refractivity contribution is 5.92. The Balaban J connectivity index is 1.81. The largest absolute Gasteiger partial charge is 0.341 e. The zero-order valence-corrected chi connectivity index (χ0v) is 16.8. The lowest BCUT2D eigenvalue weighted by Gasteiger charge is -2.20. The van der Waals surface area contributed by atoms with Crippen LogP contribution in [0.5, 0.6) is 0 Å². The van der Waals surface area contributed by atoms with Crippen LogP contribution in [0.25, 0.3) is 16.6 Å². The van der Waals surface area contributed by atoms with Gasteiger partial charge in [-0.2, -0.15) is 0 Å². The van der Waals surface area contributed by atoms with Crippen molar-refractivity contribution < 1.29 is 0 Å². The normalized spacial score (nSPS) is 16.5. The van der Waals surface area contributed by atoms with E-state index < -0.39 is 0 Å². The second-order valence-corrected chi connectivity index (χ2v) is 7.43. The third-order valence-electron chi connectivity index (χ3n) is 5.28. The minimum atomic E-state index is 0.683. The molecule has 1 N–H and O–H groups in total. The Labute approximate surface area is 176 Å². The molecule has 0 unspecified atom stereocenters. The standard InChI is InChI=1S/C26H24N4/c1-4-12-20(13-5-1)27-25-23-18-10-11-19-24(23)29-26(28-21-14-6-2-7-15-21)30(25)22-16-8-3-9-17-22/h1,4-6,8,10-19,27H,2-3,7,9H2. The van der Waals surface area contributed by atoms with Crippen molar-refractivity contribution in [3.63, 3.8) is 0 Å². The Bertz CT molecular complexity index is 1260. The van der Waals surface area contributed by atoms with Gasteiger partial charge in [0.25, 0.3) is 0 Å². The van der Waals surface area contributed by atoms with Crippen molar-refractivity contribution in [3.05, 3.63) is 102 Å². The predicted octanol–water partition coefficient (Wildman–Crippen LogP) is 6.11. The number of nitrogens with zero attached hydrogens (tertiary/aromatic N) is 3. The maximum absolute atomic E-state index is 4.96. The number of hydrogen-bond donors (Lipinski definition) is 1. The average Bonchev–Trinajstić information content (AvgIpc) is 2.81. The monoisotopic (exact) mass is 392 g/mol. The number of nitrogens with one attached hydrogen (secondary N) is 1. The summed E-state index contributed by atoms with van der Waals surface area (Å²) < 4.78 is 2.15. The Morgan fingerprint density at radius 2 is 1.57 bits per heavy atom. The summed E-state index contributed by atoms with van der Waals surface area (Å²) in [4.78, 5) is 9.91. The van der Waals surface area contributed by atoms with E-state index in [-0.39, 0.29) is 0 Å². The van der Waals surface area contributed by atoms with Gasteiger partial charge in [0.05, 0.1) is 11.2 Å². The van der Waals surface area contributed by atoms with Crippen LogP contribution in [0, 0.1) is 0 Å². The second-order valence-electron chi connectivity index (χ2n) is 7.43. The lowest BCUT2D eigenvalue weighted by atomic mass is 10.1. The predicted molar refractivity (Wildman–Crippen MR) is 124 cm³/mol. The summed E-state index contributed by atoms with van der Waals surface area (Å²) in [6, 6.07) is 18.5. The fourth-order valence-corrected chi connectivity index (χ4v) is 3.81. The molecule has 3 aromatic rings. The summed E-state index contributed by atoms with van der Waals surface area (Å²) in [6.07, 6.45) is 17.2. The van der Waals surface area contributed by atoms with Gasteiger partial charge in [0.1, 0.15) is 5.82 Å².